The van der Waals surface area contributed by atoms with Gasteiger partial charge in [-0.3, -0.25) is 0 Å². The van der Waals surface area contributed by atoms with Gasteiger partial charge in [0.2, 0.25) is 0 Å². The number of hydrogen-bond acceptors (Lipinski definition) is 3. The number of nitrogens with two attached hydrogens (primary N) is 1. The minimum absolute atomic E-state index is 0.112. The van der Waals surface area contributed by atoms with E-state index in [1.165, 1.54) is 0 Å². The van der Waals surface area contributed by atoms with Crippen LogP contribution < -0.4 is 10.5 Å². The summed E-state index contributed by atoms with van der Waals surface area (Å²) in [5.74, 6) is 0.641. The zero-order valence-corrected chi connectivity index (χ0v) is 12.9. The zero-order valence-electron chi connectivity index (χ0n) is 9.77. The third kappa shape index (κ3) is 3.26. The fourth-order valence-electron chi connectivity index (χ4n) is 1.58. The van der Waals surface area contributed by atoms with Crippen molar-refractivity contribution in [3.8, 4) is 5.75 Å². The highest BCUT2D eigenvalue weighted by molar-refractivity contribution is 9.10. The molecule has 0 saturated heterocycles. The number of benzene rings is 1. The van der Waals surface area contributed by atoms with E-state index >= 15 is 0 Å². The topological polar surface area (TPSA) is 35.2 Å². The molecule has 0 aliphatic rings. The molecule has 1 aromatic heterocycles. The smallest absolute Gasteiger partial charge is 0.148 e. The highest BCUT2D eigenvalue weighted by Gasteiger charge is 2.20. The standard InChI is InChI=1S/C13H13BrClNOS/c1-8(16)13(12-3-2-6-18-12)17-11-7-9(14)4-5-10(11)15/h2-8,13H,16H2,1H3. The molecule has 2 aromatic rings. The van der Waals surface area contributed by atoms with Crippen LogP contribution in [0.4, 0.5) is 0 Å². The molecule has 2 nitrogen and oxygen atoms in total. The lowest BCUT2D eigenvalue weighted by Gasteiger charge is -2.22. The van der Waals surface area contributed by atoms with Crippen molar-refractivity contribution in [3.05, 3.63) is 50.1 Å². The molecule has 0 spiro atoms. The van der Waals surface area contributed by atoms with Crippen molar-refractivity contribution in [2.24, 2.45) is 5.73 Å². The highest BCUT2D eigenvalue weighted by Crippen LogP contribution is 2.33. The van der Waals surface area contributed by atoms with Crippen molar-refractivity contribution in [3.63, 3.8) is 0 Å². The SMILES string of the molecule is CC(N)C(Oc1cc(Br)ccc1Cl)c1cccs1. The summed E-state index contributed by atoms with van der Waals surface area (Å²) in [4.78, 5) is 1.10. The molecule has 1 heterocycles. The van der Waals surface area contributed by atoms with E-state index in [2.05, 4.69) is 15.9 Å². The van der Waals surface area contributed by atoms with Gasteiger partial charge in [-0.1, -0.05) is 33.6 Å². The van der Waals surface area contributed by atoms with Crippen LogP contribution in [0.3, 0.4) is 0 Å². The van der Waals surface area contributed by atoms with Crippen molar-refractivity contribution in [1.82, 2.24) is 0 Å². The van der Waals surface area contributed by atoms with Crippen LogP contribution in [0, 0.1) is 0 Å². The average molecular weight is 347 g/mol. The number of ether oxygens (including phenoxy) is 1. The minimum atomic E-state index is -0.184. The first-order valence-corrected chi connectivity index (χ1v) is 7.53. The van der Waals surface area contributed by atoms with Gasteiger partial charge in [0, 0.05) is 15.4 Å². The fourth-order valence-corrected chi connectivity index (χ4v) is 2.95. The molecule has 2 unspecified atom stereocenters. The van der Waals surface area contributed by atoms with Gasteiger partial charge in [-0.15, -0.1) is 11.3 Å². The Kier molecular flexibility index (Phi) is 4.67. The lowest BCUT2D eigenvalue weighted by molar-refractivity contribution is 0.184. The maximum Gasteiger partial charge on any atom is 0.148 e. The number of rotatable bonds is 4. The summed E-state index contributed by atoms with van der Waals surface area (Å²) >= 11 is 11.2. The first kappa shape index (κ1) is 13.9. The lowest BCUT2D eigenvalue weighted by Crippen LogP contribution is -2.28. The Morgan fingerprint density at radius 1 is 1.39 bits per heavy atom. The van der Waals surface area contributed by atoms with Crippen LogP contribution in [0.2, 0.25) is 5.02 Å². The normalized spacial score (nSPS) is 14.2. The molecule has 0 saturated carbocycles. The highest BCUT2D eigenvalue weighted by atomic mass is 79.9. The third-order valence-electron chi connectivity index (χ3n) is 2.45. The maximum absolute atomic E-state index is 6.12. The van der Waals surface area contributed by atoms with Gasteiger partial charge in [0.1, 0.15) is 11.9 Å². The first-order chi connectivity index (χ1) is 8.58. The average Bonchev–Trinajstić information content (AvgIpc) is 2.83. The lowest BCUT2D eigenvalue weighted by atomic mass is 10.1. The van der Waals surface area contributed by atoms with Gasteiger partial charge in [0.05, 0.1) is 5.02 Å². The van der Waals surface area contributed by atoms with Gasteiger partial charge in [0.15, 0.2) is 0 Å². The first-order valence-electron chi connectivity index (χ1n) is 5.48. The molecule has 2 N–H and O–H groups in total. The molecular weight excluding hydrogens is 334 g/mol. The summed E-state index contributed by atoms with van der Waals surface area (Å²) in [7, 11) is 0. The van der Waals surface area contributed by atoms with Crippen molar-refractivity contribution in [2.45, 2.75) is 19.1 Å². The van der Waals surface area contributed by atoms with Crippen LogP contribution in [0.25, 0.3) is 0 Å². The number of hydrogen-bond donors (Lipinski definition) is 1. The molecule has 0 bridgehead atoms. The van der Waals surface area contributed by atoms with Gasteiger partial charge in [-0.2, -0.15) is 0 Å². The van der Waals surface area contributed by atoms with Gasteiger partial charge >= 0.3 is 0 Å². The van der Waals surface area contributed by atoms with Crippen molar-refractivity contribution in [2.75, 3.05) is 0 Å². The van der Waals surface area contributed by atoms with Crippen molar-refractivity contribution in [1.29, 1.82) is 0 Å². The maximum atomic E-state index is 6.12. The Morgan fingerprint density at radius 3 is 2.78 bits per heavy atom. The zero-order chi connectivity index (χ0) is 13.1. The van der Waals surface area contributed by atoms with E-state index in [1.54, 1.807) is 17.4 Å². The van der Waals surface area contributed by atoms with Crippen molar-refractivity contribution < 1.29 is 4.74 Å². The van der Waals surface area contributed by atoms with E-state index in [4.69, 9.17) is 22.1 Å². The monoisotopic (exact) mass is 345 g/mol. The second-order valence-corrected chi connectivity index (χ2v) is 6.29. The predicted molar refractivity (Wildman–Crippen MR) is 80.5 cm³/mol. The molecular formula is C13H13BrClNOS. The quantitative estimate of drug-likeness (QED) is 0.876. The Hall–Kier alpha value is -0.550. The molecule has 2 atom stereocenters. The Bertz CT molecular complexity index is 516. The molecule has 18 heavy (non-hydrogen) atoms. The second-order valence-electron chi connectivity index (χ2n) is 3.99. The summed E-state index contributed by atoms with van der Waals surface area (Å²) in [5.41, 5.74) is 5.99. The van der Waals surface area contributed by atoms with Crippen LogP contribution in [0.1, 0.15) is 17.9 Å². The van der Waals surface area contributed by atoms with Gasteiger partial charge < -0.3 is 10.5 Å². The Balaban J connectivity index is 2.27. The molecule has 0 radical (unpaired) electrons. The van der Waals surface area contributed by atoms with E-state index in [1.807, 2.05) is 36.6 Å². The van der Waals surface area contributed by atoms with Gasteiger partial charge in [-0.05, 0) is 36.6 Å². The third-order valence-corrected chi connectivity index (χ3v) is 4.19. The summed E-state index contributed by atoms with van der Waals surface area (Å²) in [6.07, 6.45) is -0.184. The molecule has 2 rings (SSSR count). The van der Waals surface area contributed by atoms with Crippen molar-refractivity contribution >= 4 is 38.9 Å². The molecule has 1 aromatic carbocycles. The van der Waals surface area contributed by atoms with Gasteiger partial charge in [0.25, 0.3) is 0 Å². The molecule has 0 amide bonds. The molecule has 0 aliphatic carbocycles. The van der Waals surface area contributed by atoms with E-state index in [0.717, 1.165) is 9.35 Å². The Labute approximate surface area is 124 Å². The van der Waals surface area contributed by atoms with Gasteiger partial charge in [-0.25, -0.2) is 0 Å². The van der Waals surface area contributed by atoms with Crippen LogP contribution in [-0.4, -0.2) is 6.04 Å². The van der Waals surface area contributed by atoms with Crippen LogP contribution in [0.5, 0.6) is 5.75 Å². The summed E-state index contributed by atoms with van der Waals surface area (Å²) in [6.45, 7) is 1.93. The summed E-state index contributed by atoms with van der Waals surface area (Å²) < 4.78 is 6.88. The van der Waals surface area contributed by atoms with Crippen LogP contribution in [-0.2, 0) is 0 Å². The van der Waals surface area contributed by atoms with E-state index in [9.17, 15) is 0 Å². The predicted octanol–water partition coefficient (Wildman–Crippen LogP) is 4.63. The molecule has 0 aliphatic heterocycles. The van der Waals surface area contributed by atoms with Crippen LogP contribution in [0.15, 0.2) is 40.2 Å². The van der Waals surface area contributed by atoms with E-state index < -0.39 is 0 Å². The van der Waals surface area contributed by atoms with E-state index in [0.29, 0.717) is 10.8 Å². The minimum Gasteiger partial charge on any atom is -0.482 e. The summed E-state index contributed by atoms with van der Waals surface area (Å²) in [5, 5.41) is 2.59. The molecule has 5 heteroatoms. The van der Waals surface area contributed by atoms with Crippen LogP contribution >= 0.6 is 38.9 Å². The van der Waals surface area contributed by atoms with E-state index in [-0.39, 0.29) is 12.1 Å². The Morgan fingerprint density at radius 2 is 2.17 bits per heavy atom. The second kappa shape index (κ2) is 6.06. The molecule has 0 fully saturated rings. The molecule has 96 valence electrons. The summed E-state index contributed by atoms with van der Waals surface area (Å²) in [6, 6.07) is 9.42. The number of thiophene rings is 1. The largest absolute Gasteiger partial charge is 0.482 e. The fraction of sp³-hybridized carbons (Fsp3) is 0.231. The number of halogens is 2.